The van der Waals surface area contributed by atoms with Crippen molar-refractivity contribution in [2.24, 2.45) is 0 Å². The molecule has 3 fully saturated rings. The number of methoxy groups -OCH3 is 1. The molecule has 1 aromatic heterocycles. The van der Waals surface area contributed by atoms with E-state index < -0.39 is 0 Å². The van der Waals surface area contributed by atoms with Gasteiger partial charge in [0.1, 0.15) is 17.4 Å². The molecular formula is C27H36ClN3O5. The summed E-state index contributed by atoms with van der Waals surface area (Å²) < 4.78 is 17.3. The number of fused-ring (bicyclic) bond motifs is 1. The Kier molecular flexibility index (Phi) is 7.35. The third kappa shape index (κ3) is 4.90. The van der Waals surface area contributed by atoms with Crippen molar-refractivity contribution < 1.29 is 23.5 Å². The molecular weight excluding hydrogens is 482 g/mol. The van der Waals surface area contributed by atoms with E-state index in [1.165, 1.54) is 26.4 Å². The first-order chi connectivity index (χ1) is 17.4. The second kappa shape index (κ2) is 10.5. The molecule has 0 atom stereocenters. The molecule has 2 saturated heterocycles. The highest BCUT2D eigenvalue weighted by Gasteiger charge is 2.32. The maximum atomic E-state index is 13.5. The molecule has 1 aliphatic carbocycles. The van der Waals surface area contributed by atoms with E-state index in [-0.39, 0.29) is 24.0 Å². The number of piperazine rings is 1. The Morgan fingerprint density at radius 3 is 2.25 bits per heavy atom. The van der Waals surface area contributed by atoms with Crippen LogP contribution in [0.2, 0.25) is 5.02 Å². The van der Waals surface area contributed by atoms with Gasteiger partial charge in [0.15, 0.2) is 5.76 Å². The highest BCUT2D eigenvalue weighted by atomic mass is 35.5. The summed E-state index contributed by atoms with van der Waals surface area (Å²) in [5, 5.41) is 1.39. The van der Waals surface area contributed by atoms with Crippen molar-refractivity contribution in [2.45, 2.75) is 64.0 Å². The van der Waals surface area contributed by atoms with Crippen molar-refractivity contribution in [3.8, 4) is 5.75 Å². The smallest absolute Gasteiger partial charge is 0.409 e. The Bertz CT molecular complexity index is 1110. The van der Waals surface area contributed by atoms with Crippen molar-refractivity contribution in [2.75, 3.05) is 46.4 Å². The molecule has 1 saturated carbocycles. The van der Waals surface area contributed by atoms with Crippen LogP contribution in [0.3, 0.4) is 0 Å². The molecule has 8 nitrogen and oxygen atoms in total. The summed E-state index contributed by atoms with van der Waals surface area (Å²) in [4.78, 5) is 31.2. The predicted octanol–water partition coefficient (Wildman–Crippen LogP) is 5.13. The van der Waals surface area contributed by atoms with E-state index in [9.17, 15) is 9.59 Å². The van der Waals surface area contributed by atoms with Gasteiger partial charge in [-0.3, -0.25) is 4.79 Å². The molecule has 196 valence electrons. The van der Waals surface area contributed by atoms with Gasteiger partial charge in [-0.25, -0.2) is 4.79 Å². The number of furan rings is 1. The fourth-order valence-electron chi connectivity index (χ4n) is 5.59. The number of ether oxygens (including phenoxy) is 2. The summed E-state index contributed by atoms with van der Waals surface area (Å²) in [6.07, 6.45) is 5.74. The Labute approximate surface area is 217 Å². The largest absolute Gasteiger partial charge is 0.489 e. The van der Waals surface area contributed by atoms with Gasteiger partial charge in [-0.2, -0.15) is 0 Å². The van der Waals surface area contributed by atoms with Crippen molar-refractivity contribution in [3.63, 3.8) is 0 Å². The van der Waals surface area contributed by atoms with E-state index in [0.717, 1.165) is 42.9 Å². The molecule has 3 heterocycles. The third-order valence-corrected chi connectivity index (χ3v) is 8.21. The first-order valence-corrected chi connectivity index (χ1v) is 13.5. The SMILES string of the molecule is COC(=O)N1CCN(C(=O)c2oc3cc(OC4CCN(C5CCC5)CC4)c(Cl)cc3c2C(C)C)CC1. The second-order valence-corrected chi connectivity index (χ2v) is 10.9. The molecule has 0 bridgehead atoms. The van der Waals surface area contributed by atoms with Crippen LogP contribution in [0, 0.1) is 0 Å². The van der Waals surface area contributed by atoms with Gasteiger partial charge in [0.2, 0.25) is 0 Å². The molecule has 0 spiro atoms. The lowest BCUT2D eigenvalue weighted by atomic mass is 9.90. The van der Waals surface area contributed by atoms with E-state index >= 15 is 0 Å². The van der Waals surface area contributed by atoms with Crippen molar-refractivity contribution in [3.05, 3.63) is 28.5 Å². The number of hydrogen-bond acceptors (Lipinski definition) is 6. The Morgan fingerprint density at radius 2 is 1.67 bits per heavy atom. The molecule has 1 aromatic carbocycles. The van der Waals surface area contributed by atoms with Crippen LogP contribution >= 0.6 is 11.6 Å². The van der Waals surface area contributed by atoms with Gasteiger partial charge in [-0.1, -0.05) is 31.9 Å². The topological polar surface area (TPSA) is 75.5 Å². The van der Waals surface area contributed by atoms with Crippen LogP contribution in [-0.4, -0.2) is 85.2 Å². The zero-order chi connectivity index (χ0) is 25.4. The van der Waals surface area contributed by atoms with Gasteiger partial charge in [0.05, 0.1) is 12.1 Å². The number of rotatable bonds is 5. The molecule has 3 aliphatic rings. The number of nitrogens with zero attached hydrogens (tertiary/aromatic N) is 3. The van der Waals surface area contributed by atoms with Crippen LogP contribution in [0.1, 0.15) is 68.0 Å². The monoisotopic (exact) mass is 517 g/mol. The van der Waals surface area contributed by atoms with Crippen molar-refractivity contribution in [1.82, 2.24) is 14.7 Å². The Hall–Kier alpha value is -2.45. The van der Waals surface area contributed by atoms with Gasteiger partial charge in [-0.05, 0) is 37.7 Å². The van der Waals surface area contributed by atoms with E-state index in [4.69, 9.17) is 25.5 Å². The van der Waals surface area contributed by atoms with Crippen LogP contribution in [-0.2, 0) is 4.74 Å². The summed E-state index contributed by atoms with van der Waals surface area (Å²) in [5.41, 5.74) is 1.47. The standard InChI is InChI=1S/C27H36ClN3O5/c1-17(2)24-20-15-21(28)23(35-19-7-9-29(10-8-19)18-5-4-6-18)16-22(20)36-25(24)26(32)30-11-13-31(14-12-30)27(33)34-3/h15-19H,4-14H2,1-3H3. The maximum absolute atomic E-state index is 13.5. The summed E-state index contributed by atoms with van der Waals surface area (Å²) in [6.45, 7) is 7.94. The minimum absolute atomic E-state index is 0.0697. The number of halogens is 1. The van der Waals surface area contributed by atoms with Gasteiger partial charge >= 0.3 is 6.09 Å². The fraction of sp³-hybridized carbons (Fsp3) is 0.630. The molecule has 0 N–H and O–H groups in total. The number of piperidine rings is 1. The fourth-order valence-corrected chi connectivity index (χ4v) is 5.80. The number of carbonyl (C=O) groups is 2. The molecule has 9 heteroatoms. The molecule has 2 aliphatic heterocycles. The lowest BCUT2D eigenvalue weighted by Crippen LogP contribution is -2.50. The Morgan fingerprint density at radius 1 is 1.00 bits per heavy atom. The summed E-state index contributed by atoms with van der Waals surface area (Å²) >= 11 is 6.69. The lowest BCUT2D eigenvalue weighted by Gasteiger charge is -2.41. The molecule has 2 aromatic rings. The van der Waals surface area contributed by atoms with Crippen LogP contribution in [0.4, 0.5) is 4.79 Å². The number of likely N-dealkylation sites (tertiary alicyclic amines) is 1. The van der Waals surface area contributed by atoms with Crippen molar-refractivity contribution >= 4 is 34.6 Å². The highest BCUT2D eigenvalue weighted by Crippen LogP contribution is 2.39. The summed E-state index contributed by atoms with van der Waals surface area (Å²) in [5.74, 6) is 0.858. The molecule has 0 unspecified atom stereocenters. The average molecular weight is 518 g/mol. The zero-order valence-electron chi connectivity index (χ0n) is 21.4. The van der Waals surface area contributed by atoms with E-state index in [2.05, 4.69) is 4.90 Å². The summed E-state index contributed by atoms with van der Waals surface area (Å²) in [6, 6.07) is 4.48. The number of benzene rings is 1. The van der Waals surface area contributed by atoms with Gasteiger partial charge < -0.3 is 28.6 Å². The minimum atomic E-state index is -0.371. The second-order valence-electron chi connectivity index (χ2n) is 10.5. The van der Waals surface area contributed by atoms with Crippen molar-refractivity contribution in [1.29, 1.82) is 0 Å². The van der Waals surface area contributed by atoms with Crippen LogP contribution in [0.25, 0.3) is 11.0 Å². The zero-order valence-corrected chi connectivity index (χ0v) is 22.2. The van der Waals surface area contributed by atoms with Gasteiger partial charge in [-0.15, -0.1) is 0 Å². The van der Waals surface area contributed by atoms with E-state index in [0.29, 0.717) is 48.3 Å². The van der Waals surface area contributed by atoms with Crippen LogP contribution < -0.4 is 4.74 Å². The molecule has 36 heavy (non-hydrogen) atoms. The quantitative estimate of drug-likeness (QED) is 0.547. The van der Waals surface area contributed by atoms with Gasteiger partial charge in [0, 0.05) is 62.3 Å². The minimum Gasteiger partial charge on any atom is -0.489 e. The third-order valence-electron chi connectivity index (χ3n) is 7.91. The molecule has 0 radical (unpaired) electrons. The molecule has 5 rings (SSSR count). The van der Waals surface area contributed by atoms with Gasteiger partial charge in [0.25, 0.3) is 5.91 Å². The summed E-state index contributed by atoms with van der Waals surface area (Å²) in [7, 11) is 1.37. The normalized spacial score (nSPS) is 20.1. The predicted molar refractivity (Wildman–Crippen MR) is 138 cm³/mol. The van der Waals surface area contributed by atoms with E-state index in [1.54, 1.807) is 9.80 Å². The first kappa shape index (κ1) is 25.2. The average Bonchev–Trinajstić information content (AvgIpc) is 3.22. The number of hydrogen-bond donors (Lipinski definition) is 0. The Balaban J connectivity index is 1.33. The molecule has 2 amide bonds. The maximum Gasteiger partial charge on any atom is 0.409 e. The lowest BCUT2D eigenvalue weighted by molar-refractivity contribution is 0.0494. The number of carbonyl (C=O) groups excluding carboxylic acids is 2. The first-order valence-electron chi connectivity index (χ1n) is 13.1. The number of amides is 2. The van der Waals surface area contributed by atoms with Crippen LogP contribution in [0.5, 0.6) is 5.75 Å². The van der Waals surface area contributed by atoms with E-state index in [1.807, 2.05) is 26.0 Å². The highest BCUT2D eigenvalue weighted by molar-refractivity contribution is 6.33. The van der Waals surface area contributed by atoms with Crippen LogP contribution in [0.15, 0.2) is 16.5 Å².